The van der Waals surface area contributed by atoms with Crippen molar-refractivity contribution in [1.82, 2.24) is 4.31 Å². The Morgan fingerprint density at radius 1 is 0.968 bits per heavy atom. The first-order valence-corrected chi connectivity index (χ1v) is 13.2. The topological polar surface area (TPSA) is 76.1 Å². The van der Waals surface area contributed by atoms with Crippen molar-refractivity contribution in [2.24, 2.45) is 0 Å². The minimum atomic E-state index is -3.67. The maximum atomic E-state index is 13.6. The van der Waals surface area contributed by atoms with Crippen molar-refractivity contribution in [3.63, 3.8) is 0 Å². The maximum Gasteiger partial charge on any atom is 0.338 e. The van der Waals surface area contributed by atoms with Crippen molar-refractivity contribution in [2.75, 3.05) is 44.3 Å². The van der Waals surface area contributed by atoms with Gasteiger partial charge in [-0.2, -0.15) is 4.31 Å². The van der Waals surface area contributed by atoms with E-state index in [0.29, 0.717) is 25.4 Å². The molecule has 3 saturated heterocycles. The molecule has 0 aromatic heterocycles. The number of sulfonamides is 1. The fraction of sp³-hybridized carbons (Fsp3) is 0.696. The van der Waals surface area contributed by atoms with Crippen LogP contribution < -0.4 is 4.90 Å². The number of hydrogen-bond acceptors (Lipinski definition) is 6. The predicted octanol–water partition coefficient (Wildman–Crippen LogP) is 3.58. The molecular weight excluding hydrogens is 416 g/mol. The molecule has 1 atom stereocenters. The van der Waals surface area contributed by atoms with Gasteiger partial charge in [0.15, 0.2) is 0 Å². The van der Waals surface area contributed by atoms with Crippen molar-refractivity contribution < 1.29 is 22.7 Å². The summed E-state index contributed by atoms with van der Waals surface area (Å²) < 4.78 is 39.8. The van der Waals surface area contributed by atoms with Gasteiger partial charge in [-0.05, 0) is 69.6 Å². The van der Waals surface area contributed by atoms with Crippen molar-refractivity contribution in [2.45, 2.75) is 68.8 Å². The highest BCUT2D eigenvalue weighted by Crippen LogP contribution is 2.32. The minimum absolute atomic E-state index is 0.0677. The van der Waals surface area contributed by atoms with E-state index in [-0.39, 0.29) is 23.2 Å². The number of carbonyl (C=O) groups is 1. The monoisotopic (exact) mass is 450 g/mol. The van der Waals surface area contributed by atoms with Crippen LogP contribution in [0.4, 0.5) is 5.69 Å². The van der Waals surface area contributed by atoms with Crippen LogP contribution in [0.25, 0.3) is 0 Å². The fourth-order valence-electron chi connectivity index (χ4n) is 4.68. The van der Waals surface area contributed by atoms with E-state index in [1.807, 2.05) is 0 Å². The molecule has 0 radical (unpaired) electrons. The summed E-state index contributed by atoms with van der Waals surface area (Å²) >= 11 is 0. The van der Waals surface area contributed by atoms with Crippen molar-refractivity contribution in [3.05, 3.63) is 23.8 Å². The molecule has 172 valence electrons. The van der Waals surface area contributed by atoms with Gasteiger partial charge in [-0.1, -0.05) is 6.42 Å². The molecule has 0 spiro atoms. The van der Waals surface area contributed by atoms with E-state index in [4.69, 9.17) is 9.47 Å². The van der Waals surface area contributed by atoms with Crippen LogP contribution >= 0.6 is 0 Å². The standard InChI is InChI=1S/C23H34N2O5S/c26-23(30-18-20-9-3-8-16-29-20)19-10-11-21(24-12-4-1-5-13-24)22(17-19)31(27,28)25-14-6-2-7-15-25/h10-11,17,20H,1-9,12-16,18H2. The van der Waals surface area contributed by atoms with Gasteiger partial charge in [0.1, 0.15) is 11.5 Å². The van der Waals surface area contributed by atoms with E-state index in [2.05, 4.69) is 4.90 Å². The van der Waals surface area contributed by atoms with Gasteiger partial charge < -0.3 is 14.4 Å². The average molecular weight is 451 g/mol. The van der Waals surface area contributed by atoms with Gasteiger partial charge in [-0.3, -0.25) is 0 Å². The lowest BCUT2D eigenvalue weighted by atomic mass is 10.1. The molecule has 3 fully saturated rings. The highest BCUT2D eigenvalue weighted by atomic mass is 32.2. The van der Waals surface area contributed by atoms with Crippen LogP contribution in [-0.4, -0.2) is 64.2 Å². The third kappa shape index (κ3) is 5.41. The Labute approximate surface area is 185 Å². The smallest absolute Gasteiger partial charge is 0.338 e. The molecule has 1 aromatic rings. The molecule has 7 nitrogen and oxygen atoms in total. The van der Waals surface area contributed by atoms with E-state index < -0.39 is 16.0 Å². The molecule has 31 heavy (non-hydrogen) atoms. The van der Waals surface area contributed by atoms with E-state index >= 15 is 0 Å². The van der Waals surface area contributed by atoms with Gasteiger partial charge in [-0.25, -0.2) is 13.2 Å². The number of carbonyl (C=O) groups excluding carboxylic acids is 1. The number of nitrogens with zero attached hydrogens (tertiary/aromatic N) is 2. The quantitative estimate of drug-likeness (QED) is 0.617. The predicted molar refractivity (Wildman–Crippen MR) is 119 cm³/mol. The van der Waals surface area contributed by atoms with Crippen molar-refractivity contribution >= 4 is 21.7 Å². The summed E-state index contributed by atoms with van der Waals surface area (Å²) in [5.74, 6) is -0.491. The van der Waals surface area contributed by atoms with E-state index in [0.717, 1.165) is 64.5 Å². The highest BCUT2D eigenvalue weighted by Gasteiger charge is 2.31. The summed E-state index contributed by atoms with van der Waals surface area (Å²) in [4.78, 5) is 15.1. The largest absolute Gasteiger partial charge is 0.459 e. The normalized spacial score (nSPS) is 23.5. The number of hydrogen-bond donors (Lipinski definition) is 0. The second-order valence-corrected chi connectivity index (χ2v) is 10.7. The zero-order chi connectivity index (χ0) is 21.7. The van der Waals surface area contributed by atoms with E-state index in [1.54, 1.807) is 16.4 Å². The Morgan fingerprint density at radius 2 is 1.68 bits per heavy atom. The highest BCUT2D eigenvalue weighted by molar-refractivity contribution is 7.89. The lowest BCUT2D eigenvalue weighted by molar-refractivity contribution is -0.0300. The first-order chi connectivity index (χ1) is 15.1. The summed E-state index contributed by atoms with van der Waals surface area (Å²) in [7, 11) is -3.67. The molecule has 0 amide bonds. The Balaban J connectivity index is 1.58. The van der Waals surface area contributed by atoms with E-state index in [1.165, 1.54) is 12.5 Å². The maximum absolute atomic E-state index is 13.6. The molecular formula is C23H34N2O5S. The van der Waals surface area contributed by atoms with Gasteiger partial charge in [-0.15, -0.1) is 0 Å². The molecule has 3 aliphatic rings. The zero-order valence-electron chi connectivity index (χ0n) is 18.3. The Kier molecular flexibility index (Phi) is 7.51. The van der Waals surface area contributed by atoms with Crippen LogP contribution in [0.15, 0.2) is 23.1 Å². The SMILES string of the molecule is O=C(OCC1CCCCO1)c1ccc(N2CCCCC2)c(S(=O)(=O)N2CCCCC2)c1. The minimum Gasteiger partial charge on any atom is -0.459 e. The second-order valence-electron chi connectivity index (χ2n) is 8.78. The molecule has 1 aromatic carbocycles. The number of rotatable bonds is 6. The Bertz CT molecular complexity index is 855. The van der Waals surface area contributed by atoms with Gasteiger partial charge in [0, 0.05) is 32.8 Å². The fourth-order valence-corrected chi connectivity index (χ4v) is 6.43. The summed E-state index contributed by atoms with van der Waals surface area (Å²) in [5.41, 5.74) is 0.990. The van der Waals surface area contributed by atoms with Crippen LogP contribution in [0.3, 0.4) is 0 Å². The molecule has 3 aliphatic heterocycles. The van der Waals surface area contributed by atoms with Gasteiger partial charge in [0.05, 0.1) is 17.4 Å². The number of esters is 1. The summed E-state index contributed by atoms with van der Waals surface area (Å²) in [6.45, 7) is 3.66. The molecule has 0 saturated carbocycles. The summed E-state index contributed by atoms with van der Waals surface area (Å²) in [6.07, 6.45) is 9.01. The number of ether oxygens (including phenoxy) is 2. The first-order valence-electron chi connectivity index (χ1n) is 11.7. The molecule has 3 heterocycles. The van der Waals surface area contributed by atoms with Gasteiger partial charge in [0.25, 0.3) is 0 Å². The Hall–Kier alpha value is -1.64. The molecule has 0 aliphatic carbocycles. The van der Waals surface area contributed by atoms with E-state index in [9.17, 15) is 13.2 Å². The van der Waals surface area contributed by atoms with Crippen LogP contribution in [0, 0.1) is 0 Å². The second kappa shape index (κ2) is 10.3. The third-order valence-corrected chi connectivity index (χ3v) is 8.43. The van der Waals surface area contributed by atoms with Crippen LogP contribution in [0.2, 0.25) is 0 Å². The molecule has 8 heteroatoms. The summed E-state index contributed by atoms with van der Waals surface area (Å²) in [6, 6.07) is 5.01. The molecule has 0 N–H and O–H groups in total. The molecule has 0 bridgehead atoms. The lowest BCUT2D eigenvalue weighted by Gasteiger charge is -2.33. The van der Waals surface area contributed by atoms with Crippen LogP contribution in [0.5, 0.6) is 0 Å². The zero-order valence-corrected chi connectivity index (χ0v) is 19.1. The lowest BCUT2D eigenvalue weighted by Crippen LogP contribution is -2.37. The van der Waals surface area contributed by atoms with Gasteiger partial charge in [0.2, 0.25) is 10.0 Å². The van der Waals surface area contributed by atoms with Crippen LogP contribution in [-0.2, 0) is 19.5 Å². The van der Waals surface area contributed by atoms with Crippen molar-refractivity contribution in [3.8, 4) is 0 Å². The molecule has 1 unspecified atom stereocenters. The third-order valence-electron chi connectivity index (χ3n) is 6.50. The first kappa shape index (κ1) is 22.6. The summed E-state index contributed by atoms with van der Waals surface area (Å²) in [5, 5.41) is 0. The van der Waals surface area contributed by atoms with Crippen molar-refractivity contribution in [1.29, 1.82) is 0 Å². The number of benzene rings is 1. The average Bonchev–Trinajstić information content (AvgIpc) is 2.84. The van der Waals surface area contributed by atoms with Crippen LogP contribution in [0.1, 0.15) is 68.1 Å². The molecule has 4 rings (SSSR count). The number of anilines is 1. The Morgan fingerprint density at radius 3 is 2.35 bits per heavy atom. The number of piperidine rings is 2. The van der Waals surface area contributed by atoms with Gasteiger partial charge >= 0.3 is 5.97 Å².